The van der Waals surface area contributed by atoms with E-state index in [2.05, 4.69) is 0 Å². The summed E-state index contributed by atoms with van der Waals surface area (Å²) < 4.78 is 0.776. The summed E-state index contributed by atoms with van der Waals surface area (Å²) in [7, 11) is 0. The highest BCUT2D eigenvalue weighted by Crippen LogP contribution is 2.43. The molecule has 0 atom stereocenters. The predicted molar refractivity (Wildman–Crippen MR) is 61.6 cm³/mol. The molecule has 0 spiro atoms. The number of benzene rings is 1. The van der Waals surface area contributed by atoms with Crippen LogP contribution in [0.25, 0.3) is 0 Å². The third-order valence-corrected chi connectivity index (χ3v) is 4.58. The van der Waals surface area contributed by atoms with Crippen molar-refractivity contribution < 1.29 is 15.3 Å². The normalized spacial score (nSPS) is 9.62. The van der Waals surface area contributed by atoms with Crippen LogP contribution in [0.5, 0.6) is 17.2 Å². The average Bonchev–Trinajstić information content (AvgIpc) is 2.13. The third-order valence-electron chi connectivity index (χ3n) is 1.42. The van der Waals surface area contributed by atoms with Gasteiger partial charge < -0.3 is 15.3 Å². The van der Waals surface area contributed by atoms with Crippen LogP contribution < -0.4 is 0 Å². The molecule has 0 saturated carbocycles. The minimum atomic E-state index is -0.652. The molecule has 0 aromatic heterocycles. The molecule has 1 aromatic carbocycles. The van der Waals surface area contributed by atoms with Crippen molar-refractivity contribution in [1.29, 1.82) is 5.26 Å². The van der Waals surface area contributed by atoms with E-state index < -0.39 is 17.2 Å². The van der Waals surface area contributed by atoms with E-state index in [0.717, 1.165) is 0 Å². The molecule has 0 heterocycles. The first-order chi connectivity index (χ1) is 6.00. The molecule has 0 amide bonds. The molecule has 68 valence electrons. The van der Waals surface area contributed by atoms with Crippen molar-refractivity contribution in [3.05, 3.63) is 12.7 Å². The molecule has 0 fully saturated rings. The molecular weight excluding hydrogens is 400 g/mol. The zero-order valence-corrected chi connectivity index (χ0v) is 10.4. The SMILES string of the molecule is N#Cc1c(O)c(O)c(O)c(I)c1I. The molecule has 6 heteroatoms. The first-order valence-electron chi connectivity index (χ1n) is 3.02. The topological polar surface area (TPSA) is 84.5 Å². The van der Waals surface area contributed by atoms with E-state index in [0.29, 0.717) is 7.14 Å². The monoisotopic (exact) mass is 403 g/mol. The smallest absolute Gasteiger partial charge is 0.202 e. The van der Waals surface area contributed by atoms with E-state index in [-0.39, 0.29) is 5.56 Å². The van der Waals surface area contributed by atoms with Gasteiger partial charge in [0.1, 0.15) is 11.6 Å². The van der Waals surface area contributed by atoms with Crippen LogP contribution in [0, 0.1) is 18.5 Å². The van der Waals surface area contributed by atoms with Gasteiger partial charge in [0.2, 0.25) is 5.75 Å². The summed E-state index contributed by atoms with van der Waals surface area (Å²) in [5, 5.41) is 36.3. The minimum absolute atomic E-state index is 0.0275. The lowest BCUT2D eigenvalue weighted by atomic mass is 10.2. The van der Waals surface area contributed by atoms with Gasteiger partial charge in [0.25, 0.3) is 0 Å². The fourth-order valence-electron chi connectivity index (χ4n) is 0.754. The van der Waals surface area contributed by atoms with Crippen molar-refractivity contribution in [1.82, 2.24) is 0 Å². The van der Waals surface area contributed by atoms with Gasteiger partial charge in [-0.1, -0.05) is 0 Å². The minimum Gasteiger partial charge on any atom is -0.503 e. The highest BCUT2D eigenvalue weighted by molar-refractivity contribution is 14.1. The molecule has 0 aliphatic rings. The maximum Gasteiger partial charge on any atom is 0.202 e. The lowest BCUT2D eigenvalue weighted by Gasteiger charge is -2.07. The lowest BCUT2D eigenvalue weighted by molar-refractivity contribution is 0.364. The fraction of sp³-hybridized carbons (Fsp3) is 0. The van der Waals surface area contributed by atoms with Gasteiger partial charge in [0, 0.05) is 0 Å². The Morgan fingerprint density at radius 1 is 0.923 bits per heavy atom. The summed E-state index contributed by atoms with van der Waals surface area (Å²) in [5.74, 6) is -1.63. The summed E-state index contributed by atoms with van der Waals surface area (Å²) in [6.07, 6.45) is 0. The summed E-state index contributed by atoms with van der Waals surface area (Å²) in [6, 6.07) is 1.74. The Labute approximate surface area is 101 Å². The van der Waals surface area contributed by atoms with Crippen LogP contribution in [0.3, 0.4) is 0 Å². The van der Waals surface area contributed by atoms with Crippen molar-refractivity contribution in [2.24, 2.45) is 0 Å². The van der Waals surface area contributed by atoms with E-state index in [9.17, 15) is 10.2 Å². The zero-order valence-electron chi connectivity index (χ0n) is 6.04. The van der Waals surface area contributed by atoms with E-state index in [1.165, 1.54) is 0 Å². The van der Waals surface area contributed by atoms with Gasteiger partial charge in [-0.25, -0.2) is 0 Å². The molecule has 0 saturated heterocycles. The Bertz CT molecular complexity index is 382. The molecule has 0 radical (unpaired) electrons. The van der Waals surface area contributed by atoms with Crippen LogP contribution in [0.4, 0.5) is 0 Å². The molecule has 4 nitrogen and oxygen atoms in total. The van der Waals surface area contributed by atoms with Gasteiger partial charge >= 0.3 is 0 Å². The number of hydrogen-bond acceptors (Lipinski definition) is 4. The molecule has 0 unspecified atom stereocenters. The van der Waals surface area contributed by atoms with E-state index >= 15 is 0 Å². The van der Waals surface area contributed by atoms with E-state index in [1.54, 1.807) is 28.7 Å². The van der Waals surface area contributed by atoms with Gasteiger partial charge in [-0.15, -0.1) is 0 Å². The average molecular weight is 403 g/mol. The number of rotatable bonds is 0. The van der Waals surface area contributed by atoms with Gasteiger partial charge in [-0.05, 0) is 45.2 Å². The molecule has 3 N–H and O–H groups in total. The predicted octanol–water partition coefficient (Wildman–Crippen LogP) is 1.88. The third kappa shape index (κ3) is 1.62. The Kier molecular flexibility index (Phi) is 3.07. The number of phenols is 3. The van der Waals surface area contributed by atoms with Crippen LogP contribution >= 0.6 is 45.2 Å². The number of phenolic OH excluding ortho intramolecular Hbond substituents is 3. The van der Waals surface area contributed by atoms with Crippen LogP contribution in [0.1, 0.15) is 5.56 Å². The quantitative estimate of drug-likeness (QED) is 0.457. The van der Waals surface area contributed by atoms with Crippen molar-refractivity contribution >= 4 is 45.2 Å². The van der Waals surface area contributed by atoms with Gasteiger partial charge in [-0.2, -0.15) is 5.26 Å². The second-order valence-electron chi connectivity index (χ2n) is 2.16. The molecule has 0 bridgehead atoms. The molecule has 1 rings (SSSR count). The maximum atomic E-state index is 9.26. The lowest BCUT2D eigenvalue weighted by Crippen LogP contribution is -1.89. The molecular formula is C7H3I2NO3. The Morgan fingerprint density at radius 3 is 1.92 bits per heavy atom. The Balaban J connectivity index is 3.69. The first-order valence-corrected chi connectivity index (χ1v) is 5.18. The van der Waals surface area contributed by atoms with Gasteiger partial charge in [-0.3, -0.25) is 0 Å². The van der Waals surface area contributed by atoms with Crippen molar-refractivity contribution in [3.63, 3.8) is 0 Å². The maximum absolute atomic E-state index is 9.26. The zero-order chi connectivity index (χ0) is 10.2. The van der Waals surface area contributed by atoms with Crippen molar-refractivity contribution in [2.75, 3.05) is 0 Å². The van der Waals surface area contributed by atoms with Crippen LogP contribution in [-0.4, -0.2) is 15.3 Å². The number of nitriles is 1. The summed E-state index contributed by atoms with van der Waals surface area (Å²) in [4.78, 5) is 0. The van der Waals surface area contributed by atoms with Gasteiger partial charge in [0.05, 0.1) is 7.14 Å². The summed E-state index contributed by atoms with van der Waals surface area (Å²) in [5.41, 5.74) is -0.0275. The summed E-state index contributed by atoms with van der Waals surface area (Å²) >= 11 is 3.59. The van der Waals surface area contributed by atoms with Crippen molar-refractivity contribution in [3.8, 4) is 23.3 Å². The number of nitrogens with zero attached hydrogens (tertiary/aromatic N) is 1. The second-order valence-corrected chi connectivity index (χ2v) is 4.32. The Morgan fingerprint density at radius 2 is 1.46 bits per heavy atom. The standard InChI is InChI=1S/C7H3I2NO3/c8-3-2(1-10)5(11)7(13)6(12)4(3)9/h11-13H. The highest BCUT2D eigenvalue weighted by atomic mass is 127. The van der Waals surface area contributed by atoms with Crippen LogP contribution in [0.2, 0.25) is 0 Å². The van der Waals surface area contributed by atoms with Crippen LogP contribution in [0.15, 0.2) is 0 Å². The van der Waals surface area contributed by atoms with Crippen LogP contribution in [-0.2, 0) is 0 Å². The molecule has 0 aliphatic carbocycles. The highest BCUT2D eigenvalue weighted by Gasteiger charge is 2.20. The van der Waals surface area contributed by atoms with E-state index in [1.807, 2.05) is 22.6 Å². The molecule has 1 aromatic rings. The largest absolute Gasteiger partial charge is 0.503 e. The fourth-order valence-corrected chi connectivity index (χ4v) is 1.91. The van der Waals surface area contributed by atoms with Crippen molar-refractivity contribution in [2.45, 2.75) is 0 Å². The van der Waals surface area contributed by atoms with Gasteiger partial charge in [0.15, 0.2) is 11.5 Å². The number of hydrogen-bond donors (Lipinski definition) is 3. The second kappa shape index (κ2) is 3.75. The summed E-state index contributed by atoms with van der Waals surface area (Å²) in [6.45, 7) is 0. The first kappa shape index (κ1) is 10.6. The molecule has 13 heavy (non-hydrogen) atoms. The molecule has 0 aliphatic heterocycles. The number of halogens is 2. The van der Waals surface area contributed by atoms with E-state index in [4.69, 9.17) is 10.4 Å². The number of aromatic hydroxyl groups is 3. The Hall–Kier alpha value is -0.430.